The van der Waals surface area contributed by atoms with Crippen LogP contribution in [0.15, 0.2) is 12.1 Å². The van der Waals surface area contributed by atoms with Crippen molar-refractivity contribution >= 4 is 5.97 Å². The van der Waals surface area contributed by atoms with Crippen LogP contribution >= 0.6 is 0 Å². The van der Waals surface area contributed by atoms with Crippen LogP contribution in [0, 0.1) is 0 Å². The lowest BCUT2D eigenvalue weighted by atomic mass is 10.1. The summed E-state index contributed by atoms with van der Waals surface area (Å²) in [6.07, 6.45) is -5.89. The normalized spacial score (nSPS) is 16.6. The minimum atomic E-state index is -4.66. The molecular formula is C13H14F3NO4. The molecule has 116 valence electrons. The Morgan fingerprint density at radius 3 is 2.57 bits per heavy atom. The standard InChI is InChI=1S/C13H14F3NO4/c14-13(15,16)10(5-6-18)21-11-8(7-1-2-7)3-4-9(17-11)12(19)20/h3-4,7,10,18H,1-2,5-6H2,(H,19,20)/t10-/m1/s1. The van der Waals surface area contributed by atoms with Crippen molar-refractivity contribution in [3.05, 3.63) is 23.4 Å². The van der Waals surface area contributed by atoms with Gasteiger partial charge in [0.2, 0.25) is 5.88 Å². The molecule has 5 nitrogen and oxygen atoms in total. The van der Waals surface area contributed by atoms with Crippen LogP contribution in [0.4, 0.5) is 13.2 Å². The van der Waals surface area contributed by atoms with Crippen molar-refractivity contribution < 1.29 is 32.9 Å². The van der Waals surface area contributed by atoms with Crippen molar-refractivity contribution in [3.8, 4) is 5.88 Å². The van der Waals surface area contributed by atoms with E-state index in [-0.39, 0.29) is 17.5 Å². The van der Waals surface area contributed by atoms with Gasteiger partial charge in [0.25, 0.3) is 0 Å². The number of hydrogen-bond acceptors (Lipinski definition) is 4. The number of carbonyl (C=O) groups is 1. The van der Waals surface area contributed by atoms with Crippen molar-refractivity contribution in [2.24, 2.45) is 0 Å². The number of aliphatic hydroxyl groups excluding tert-OH is 1. The van der Waals surface area contributed by atoms with Crippen molar-refractivity contribution in [2.75, 3.05) is 6.61 Å². The average molecular weight is 305 g/mol. The van der Waals surface area contributed by atoms with E-state index in [1.165, 1.54) is 12.1 Å². The number of aliphatic hydroxyl groups is 1. The first-order valence-corrected chi connectivity index (χ1v) is 6.41. The number of carboxylic acids is 1. The molecule has 0 bridgehead atoms. The highest BCUT2D eigenvalue weighted by Gasteiger charge is 2.42. The number of aromatic nitrogens is 1. The summed E-state index contributed by atoms with van der Waals surface area (Å²) < 4.78 is 43.3. The van der Waals surface area contributed by atoms with Crippen molar-refractivity contribution in [3.63, 3.8) is 0 Å². The Kier molecular flexibility index (Phi) is 4.36. The molecule has 2 rings (SSSR count). The van der Waals surface area contributed by atoms with Gasteiger partial charge in [0.05, 0.1) is 0 Å². The monoisotopic (exact) mass is 305 g/mol. The summed E-state index contributed by atoms with van der Waals surface area (Å²) in [5.74, 6) is -1.60. The molecule has 0 aliphatic heterocycles. The number of nitrogens with zero attached hydrogens (tertiary/aromatic N) is 1. The van der Waals surface area contributed by atoms with Gasteiger partial charge in [0.1, 0.15) is 0 Å². The Labute approximate surface area is 118 Å². The molecular weight excluding hydrogens is 291 g/mol. The maximum atomic E-state index is 12.8. The molecule has 1 aliphatic rings. The van der Waals surface area contributed by atoms with Gasteiger partial charge >= 0.3 is 12.1 Å². The topological polar surface area (TPSA) is 79.7 Å². The molecule has 2 N–H and O–H groups in total. The molecule has 1 aromatic rings. The predicted molar refractivity (Wildman–Crippen MR) is 65.3 cm³/mol. The minimum absolute atomic E-state index is 0.0540. The Balaban J connectivity index is 2.31. The molecule has 1 atom stereocenters. The molecule has 0 radical (unpaired) electrons. The fourth-order valence-corrected chi connectivity index (χ4v) is 1.91. The smallest absolute Gasteiger partial charge is 0.425 e. The zero-order valence-corrected chi connectivity index (χ0v) is 10.9. The fraction of sp³-hybridized carbons (Fsp3) is 0.538. The van der Waals surface area contributed by atoms with E-state index in [1.807, 2.05) is 0 Å². The average Bonchev–Trinajstić information content (AvgIpc) is 3.21. The summed E-state index contributed by atoms with van der Waals surface area (Å²) in [4.78, 5) is 14.5. The molecule has 8 heteroatoms. The van der Waals surface area contributed by atoms with Gasteiger partial charge in [-0.3, -0.25) is 0 Å². The van der Waals surface area contributed by atoms with Crippen molar-refractivity contribution in [1.29, 1.82) is 0 Å². The second-order valence-corrected chi connectivity index (χ2v) is 4.83. The third-order valence-electron chi connectivity index (χ3n) is 3.14. The molecule has 0 saturated heterocycles. The lowest BCUT2D eigenvalue weighted by Crippen LogP contribution is -2.35. The predicted octanol–water partition coefficient (Wildman–Crippen LogP) is 2.35. The molecule has 1 aliphatic carbocycles. The molecule has 0 aromatic carbocycles. The van der Waals surface area contributed by atoms with E-state index in [9.17, 15) is 18.0 Å². The highest BCUT2D eigenvalue weighted by Crippen LogP contribution is 2.44. The van der Waals surface area contributed by atoms with Crippen LogP contribution in [-0.2, 0) is 0 Å². The van der Waals surface area contributed by atoms with Gasteiger partial charge in [0, 0.05) is 18.6 Å². The Hall–Kier alpha value is -1.83. The molecule has 0 unspecified atom stereocenters. The molecule has 1 aromatic heterocycles. The van der Waals surface area contributed by atoms with Crippen molar-refractivity contribution in [2.45, 2.75) is 37.5 Å². The van der Waals surface area contributed by atoms with Crippen LogP contribution in [0.3, 0.4) is 0 Å². The molecule has 0 amide bonds. The quantitative estimate of drug-likeness (QED) is 0.843. The van der Waals surface area contributed by atoms with E-state index in [2.05, 4.69) is 4.98 Å². The van der Waals surface area contributed by atoms with Crippen LogP contribution in [0.1, 0.15) is 41.2 Å². The van der Waals surface area contributed by atoms with Crippen LogP contribution in [0.5, 0.6) is 5.88 Å². The first-order chi connectivity index (χ1) is 9.82. The third-order valence-corrected chi connectivity index (χ3v) is 3.14. The number of halogens is 3. The number of ether oxygens (including phenoxy) is 1. The second kappa shape index (κ2) is 5.88. The first kappa shape index (κ1) is 15.6. The van der Waals surface area contributed by atoms with E-state index in [0.717, 1.165) is 12.8 Å². The summed E-state index contributed by atoms with van der Waals surface area (Å²) in [6.45, 7) is -0.693. The van der Waals surface area contributed by atoms with Crippen LogP contribution in [0.2, 0.25) is 0 Å². The van der Waals surface area contributed by atoms with E-state index < -0.39 is 31.3 Å². The van der Waals surface area contributed by atoms with Gasteiger partial charge in [0.15, 0.2) is 11.8 Å². The van der Waals surface area contributed by atoms with Crippen LogP contribution in [0.25, 0.3) is 0 Å². The SMILES string of the molecule is O=C(O)c1ccc(C2CC2)c(O[C@H](CCO)C(F)(F)F)n1. The van der Waals surface area contributed by atoms with Gasteiger partial charge in [-0.2, -0.15) is 13.2 Å². The van der Waals surface area contributed by atoms with Crippen molar-refractivity contribution in [1.82, 2.24) is 4.98 Å². The molecule has 1 heterocycles. The van der Waals surface area contributed by atoms with Crippen LogP contribution in [-0.4, -0.2) is 40.1 Å². The van der Waals surface area contributed by atoms with E-state index in [4.69, 9.17) is 14.9 Å². The molecule has 21 heavy (non-hydrogen) atoms. The lowest BCUT2D eigenvalue weighted by molar-refractivity contribution is -0.199. The van der Waals surface area contributed by atoms with Gasteiger partial charge in [-0.1, -0.05) is 6.07 Å². The minimum Gasteiger partial charge on any atom is -0.477 e. The number of pyridine rings is 1. The number of hydrogen-bond donors (Lipinski definition) is 2. The van der Waals surface area contributed by atoms with Gasteiger partial charge in [-0.25, -0.2) is 9.78 Å². The molecule has 1 fully saturated rings. The van der Waals surface area contributed by atoms with E-state index >= 15 is 0 Å². The zero-order valence-electron chi connectivity index (χ0n) is 10.9. The summed E-state index contributed by atoms with van der Waals surface area (Å²) in [5.41, 5.74) is 0.103. The summed E-state index contributed by atoms with van der Waals surface area (Å²) >= 11 is 0. The number of alkyl halides is 3. The van der Waals surface area contributed by atoms with E-state index in [0.29, 0.717) is 5.56 Å². The zero-order chi connectivity index (χ0) is 15.6. The number of aromatic carboxylic acids is 1. The summed E-state index contributed by atoms with van der Waals surface area (Å²) in [6, 6.07) is 2.69. The largest absolute Gasteiger partial charge is 0.477 e. The first-order valence-electron chi connectivity index (χ1n) is 6.41. The van der Waals surface area contributed by atoms with Gasteiger partial charge < -0.3 is 14.9 Å². The Bertz CT molecular complexity index is 529. The maximum Gasteiger partial charge on any atom is 0.425 e. The maximum absolute atomic E-state index is 12.8. The highest BCUT2D eigenvalue weighted by atomic mass is 19.4. The molecule has 0 spiro atoms. The number of rotatable bonds is 6. The lowest BCUT2D eigenvalue weighted by Gasteiger charge is -2.22. The van der Waals surface area contributed by atoms with Crippen LogP contribution < -0.4 is 4.74 Å². The van der Waals surface area contributed by atoms with Gasteiger partial charge in [-0.05, 0) is 24.8 Å². The van der Waals surface area contributed by atoms with Gasteiger partial charge in [-0.15, -0.1) is 0 Å². The second-order valence-electron chi connectivity index (χ2n) is 4.83. The Morgan fingerprint density at radius 1 is 1.43 bits per heavy atom. The summed E-state index contributed by atoms with van der Waals surface area (Å²) in [7, 11) is 0. The number of carboxylic acid groups (broad SMARTS) is 1. The summed E-state index contributed by atoms with van der Waals surface area (Å²) in [5, 5.41) is 17.6. The Morgan fingerprint density at radius 2 is 2.10 bits per heavy atom. The molecule has 1 saturated carbocycles. The van der Waals surface area contributed by atoms with E-state index in [1.54, 1.807) is 0 Å². The highest BCUT2D eigenvalue weighted by molar-refractivity contribution is 5.85. The third kappa shape index (κ3) is 3.84. The fourth-order valence-electron chi connectivity index (χ4n) is 1.91.